The molecule has 2 aromatic rings. The molecule has 29 heavy (non-hydrogen) atoms. The lowest BCUT2D eigenvalue weighted by molar-refractivity contribution is 0.0998. The number of aliphatic hydroxyl groups is 1. The number of halogens is 1. The number of primary amides is 1. The highest BCUT2D eigenvalue weighted by Gasteiger charge is 2.26. The number of rotatable bonds is 8. The number of carbonyl (C=O) groups is 1. The van der Waals surface area contributed by atoms with Crippen LogP contribution in [-0.4, -0.2) is 54.1 Å². The second-order valence-electron chi connectivity index (χ2n) is 7.94. The Morgan fingerprint density at radius 1 is 1.31 bits per heavy atom. The van der Waals surface area contributed by atoms with Gasteiger partial charge in [0.05, 0.1) is 12.1 Å². The summed E-state index contributed by atoms with van der Waals surface area (Å²) in [6.45, 7) is 4.47. The van der Waals surface area contributed by atoms with Gasteiger partial charge in [0.2, 0.25) is 5.91 Å². The number of hydrogen-bond donors (Lipinski definition) is 2. The van der Waals surface area contributed by atoms with E-state index in [-0.39, 0.29) is 11.4 Å². The van der Waals surface area contributed by atoms with E-state index in [2.05, 4.69) is 41.1 Å². The number of carbonyl (C=O) groups excluding carboxylic acids is 1. The summed E-state index contributed by atoms with van der Waals surface area (Å²) in [5, 5.41) is 10.1. The minimum atomic E-state index is -0.552. The number of amides is 1. The van der Waals surface area contributed by atoms with E-state index >= 15 is 0 Å². The van der Waals surface area contributed by atoms with Crippen LogP contribution >= 0.6 is 11.6 Å². The van der Waals surface area contributed by atoms with Crippen LogP contribution in [0.5, 0.6) is 0 Å². The fourth-order valence-electron chi connectivity index (χ4n) is 4.03. The minimum absolute atomic E-state index is 0.136. The average molecular weight is 416 g/mol. The van der Waals surface area contributed by atoms with Crippen molar-refractivity contribution in [2.75, 3.05) is 31.6 Å². The third-order valence-corrected chi connectivity index (χ3v) is 5.93. The Bertz CT molecular complexity index is 828. The Labute approximate surface area is 178 Å². The van der Waals surface area contributed by atoms with Gasteiger partial charge in [-0.1, -0.05) is 30.3 Å². The van der Waals surface area contributed by atoms with E-state index in [9.17, 15) is 9.90 Å². The van der Waals surface area contributed by atoms with Crippen LogP contribution in [-0.2, 0) is 6.42 Å². The Hall–Kier alpha value is -2.08. The van der Waals surface area contributed by atoms with Crippen molar-refractivity contribution in [1.29, 1.82) is 0 Å². The van der Waals surface area contributed by atoms with Gasteiger partial charge in [-0.25, -0.2) is 0 Å². The molecule has 0 aliphatic carbocycles. The monoisotopic (exact) mass is 415 g/mol. The highest BCUT2D eigenvalue weighted by molar-refractivity contribution is 6.20. The van der Waals surface area contributed by atoms with Crippen LogP contribution in [0.25, 0.3) is 0 Å². The number of likely N-dealkylation sites (N-methyl/N-ethyl adjacent to an activating group) is 1. The van der Waals surface area contributed by atoms with Gasteiger partial charge in [-0.15, -0.1) is 11.6 Å². The molecule has 5 nitrogen and oxygen atoms in total. The van der Waals surface area contributed by atoms with Gasteiger partial charge < -0.3 is 15.7 Å². The Kier molecular flexibility index (Phi) is 7.17. The highest BCUT2D eigenvalue weighted by Crippen LogP contribution is 2.30. The summed E-state index contributed by atoms with van der Waals surface area (Å²) in [4.78, 5) is 16.4. The van der Waals surface area contributed by atoms with Crippen molar-refractivity contribution in [2.24, 2.45) is 5.73 Å². The predicted octanol–water partition coefficient (Wildman–Crippen LogP) is 3.20. The SMILES string of the molecule is C[C@@H](O)Cc1cc(N(C)[C@H](CN2CC[C@H](Cl)C2)c2ccccc2)ccc1C(N)=O. The zero-order chi connectivity index (χ0) is 21.0. The average Bonchev–Trinajstić information content (AvgIpc) is 3.10. The second kappa shape index (κ2) is 9.61. The maximum Gasteiger partial charge on any atom is 0.248 e. The lowest BCUT2D eigenvalue weighted by Crippen LogP contribution is -2.35. The number of aliphatic hydroxyl groups excluding tert-OH is 1. The van der Waals surface area contributed by atoms with Gasteiger partial charge in [0.15, 0.2) is 0 Å². The zero-order valence-corrected chi connectivity index (χ0v) is 17.8. The molecule has 0 radical (unpaired) electrons. The molecule has 0 aromatic heterocycles. The van der Waals surface area contributed by atoms with Gasteiger partial charge in [0.1, 0.15) is 0 Å². The third-order valence-electron chi connectivity index (χ3n) is 5.57. The zero-order valence-electron chi connectivity index (χ0n) is 17.1. The van der Waals surface area contributed by atoms with Crippen LogP contribution in [0.2, 0.25) is 0 Å². The van der Waals surface area contributed by atoms with E-state index in [1.165, 1.54) is 5.56 Å². The number of benzene rings is 2. The van der Waals surface area contributed by atoms with Gasteiger partial charge in [-0.3, -0.25) is 9.69 Å². The molecule has 1 saturated heterocycles. The molecule has 1 aliphatic heterocycles. The van der Waals surface area contributed by atoms with Crippen LogP contribution in [0.3, 0.4) is 0 Å². The highest BCUT2D eigenvalue weighted by atomic mass is 35.5. The molecular formula is C23H30ClN3O2. The summed E-state index contributed by atoms with van der Waals surface area (Å²) >= 11 is 6.33. The lowest BCUT2D eigenvalue weighted by atomic mass is 9.99. The van der Waals surface area contributed by atoms with E-state index in [0.717, 1.165) is 37.3 Å². The van der Waals surface area contributed by atoms with Crippen molar-refractivity contribution in [3.05, 3.63) is 65.2 Å². The lowest BCUT2D eigenvalue weighted by Gasteiger charge is -2.34. The number of nitrogens with two attached hydrogens (primary N) is 1. The first-order valence-corrected chi connectivity index (χ1v) is 10.5. The smallest absolute Gasteiger partial charge is 0.248 e. The van der Waals surface area contributed by atoms with Crippen LogP contribution in [0, 0.1) is 0 Å². The second-order valence-corrected chi connectivity index (χ2v) is 8.56. The first kappa shape index (κ1) is 21.6. The molecule has 2 aromatic carbocycles. The minimum Gasteiger partial charge on any atom is -0.393 e. The molecule has 156 valence electrons. The number of likely N-dealkylation sites (tertiary alicyclic amines) is 1. The Morgan fingerprint density at radius 3 is 2.62 bits per heavy atom. The van der Waals surface area contributed by atoms with Gasteiger partial charge in [0, 0.05) is 36.8 Å². The molecule has 3 rings (SSSR count). The summed E-state index contributed by atoms with van der Waals surface area (Å²) in [6.07, 6.45) is 0.845. The topological polar surface area (TPSA) is 69.8 Å². The number of anilines is 1. The van der Waals surface area contributed by atoms with Gasteiger partial charge in [-0.05, 0) is 55.6 Å². The first-order valence-electron chi connectivity index (χ1n) is 10.1. The molecule has 0 bridgehead atoms. The van der Waals surface area contributed by atoms with Crippen molar-refractivity contribution in [1.82, 2.24) is 4.90 Å². The van der Waals surface area contributed by atoms with E-state index < -0.39 is 12.0 Å². The van der Waals surface area contributed by atoms with Gasteiger partial charge in [0.25, 0.3) is 0 Å². The van der Waals surface area contributed by atoms with Crippen molar-refractivity contribution in [3.63, 3.8) is 0 Å². The Morgan fingerprint density at radius 2 is 2.03 bits per heavy atom. The number of nitrogens with zero attached hydrogens (tertiary/aromatic N) is 2. The van der Waals surface area contributed by atoms with E-state index in [0.29, 0.717) is 12.0 Å². The standard InChI is InChI=1S/C23H30ClN3O2/c1-16(28)12-18-13-20(8-9-21(18)23(25)29)26(2)22(17-6-4-3-5-7-17)15-27-11-10-19(24)14-27/h3-9,13,16,19,22,28H,10-12,14-15H2,1-2H3,(H2,25,29)/t16-,19+,22-/m1/s1. The fraction of sp³-hybridized carbons (Fsp3) is 0.435. The molecule has 0 saturated carbocycles. The molecular weight excluding hydrogens is 386 g/mol. The summed E-state index contributed by atoms with van der Waals surface area (Å²) in [5.74, 6) is -0.473. The van der Waals surface area contributed by atoms with Gasteiger partial charge >= 0.3 is 0 Å². The largest absolute Gasteiger partial charge is 0.393 e. The molecule has 0 spiro atoms. The molecule has 1 amide bonds. The Balaban J connectivity index is 1.92. The van der Waals surface area contributed by atoms with E-state index in [1.54, 1.807) is 13.0 Å². The third kappa shape index (κ3) is 5.50. The molecule has 3 atom stereocenters. The molecule has 3 N–H and O–H groups in total. The molecule has 1 heterocycles. The maximum absolute atomic E-state index is 11.8. The van der Waals surface area contributed by atoms with Crippen LogP contribution in [0.1, 0.15) is 40.9 Å². The quantitative estimate of drug-likeness (QED) is 0.649. The van der Waals surface area contributed by atoms with Crippen molar-refractivity contribution < 1.29 is 9.90 Å². The number of hydrogen-bond acceptors (Lipinski definition) is 4. The maximum atomic E-state index is 11.8. The summed E-state index contributed by atoms with van der Waals surface area (Å²) < 4.78 is 0. The van der Waals surface area contributed by atoms with Gasteiger partial charge in [-0.2, -0.15) is 0 Å². The fourth-order valence-corrected chi connectivity index (χ4v) is 4.32. The van der Waals surface area contributed by atoms with E-state index in [1.807, 2.05) is 18.2 Å². The van der Waals surface area contributed by atoms with Crippen molar-refractivity contribution in [3.8, 4) is 0 Å². The summed E-state index contributed by atoms with van der Waals surface area (Å²) in [7, 11) is 2.07. The van der Waals surface area contributed by atoms with E-state index in [4.69, 9.17) is 17.3 Å². The predicted molar refractivity (Wildman–Crippen MR) is 119 cm³/mol. The van der Waals surface area contributed by atoms with Crippen LogP contribution < -0.4 is 10.6 Å². The number of alkyl halides is 1. The van der Waals surface area contributed by atoms with Crippen molar-refractivity contribution in [2.45, 2.75) is 37.3 Å². The molecule has 1 fully saturated rings. The molecule has 1 aliphatic rings. The molecule has 0 unspecified atom stereocenters. The summed E-state index contributed by atoms with van der Waals surface area (Å²) in [6, 6.07) is 16.2. The van der Waals surface area contributed by atoms with Crippen LogP contribution in [0.4, 0.5) is 5.69 Å². The van der Waals surface area contributed by atoms with Crippen molar-refractivity contribution >= 4 is 23.2 Å². The summed E-state index contributed by atoms with van der Waals surface area (Å²) in [5.41, 5.74) is 8.98. The first-order chi connectivity index (χ1) is 13.8. The normalized spacial score (nSPS) is 19.1. The van der Waals surface area contributed by atoms with Crippen LogP contribution in [0.15, 0.2) is 48.5 Å². The molecule has 6 heteroatoms.